The van der Waals surface area contributed by atoms with Gasteiger partial charge in [-0.15, -0.1) is 0 Å². The minimum atomic E-state index is 0.440. The summed E-state index contributed by atoms with van der Waals surface area (Å²) in [5, 5.41) is 16.0. The SMILES string of the molecule is COc1ccc(Cc2n[nH]c(=S)n2/N=C\c2cnn(-c3ccccc3)c2)cc1. The van der Waals surface area contributed by atoms with Gasteiger partial charge < -0.3 is 4.74 Å². The van der Waals surface area contributed by atoms with Gasteiger partial charge in [0.1, 0.15) is 5.75 Å². The molecule has 0 saturated carbocycles. The van der Waals surface area contributed by atoms with Crippen LogP contribution in [0.3, 0.4) is 0 Å². The topological polar surface area (TPSA) is 73.0 Å². The average Bonchev–Trinajstić information content (AvgIpc) is 3.35. The van der Waals surface area contributed by atoms with Gasteiger partial charge in [0.2, 0.25) is 4.77 Å². The highest BCUT2D eigenvalue weighted by molar-refractivity contribution is 7.71. The van der Waals surface area contributed by atoms with Crippen molar-refractivity contribution in [3.05, 3.63) is 88.7 Å². The molecular formula is C20H18N6OS. The molecular weight excluding hydrogens is 372 g/mol. The van der Waals surface area contributed by atoms with Gasteiger partial charge in [0.15, 0.2) is 5.82 Å². The lowest BCUT2D eigenvalue weighted by Crippen LogP contribution is -2.00. The van der Waals surface area contributed by atoms with E-state index in [1.807, 2.05) is 60.8 Å². The molecule has 0 aliphatic heterocycles. The molecule has 4 rings (SSSR count). The number of H-pyrrole nitrogens is 1. The third kappa shape index (κ3) is 3.91. The monoisotopic (exact) mass is 390 g/mol. The van der Waals surface area contributed by atoms with Crippen LogP contribution in [0.2, 0.25) is 0 Å². The molecule has 140 valence electrons. The first-order chi connectivity index (χ1) is 13.7. The molecule has 1 N–H and O–H groups in total. The van der Waals surface area contributed by atoms with Crippen molar-refractivity contribution in [3.63, 3.8) is 0 Å². The minimum Gasteiger partial charge on any atom is -0.497 e. The summed E-state index contributed by atoms with van der Waals surface area (Å²) in [4.78, 5) is 0. The first-order valence-electron chi connectivity index (χ1n) is 8.66. The third-order valence-electron chi connectivity index (χ3n) is 4.18. The Hall–Kier alpha value is -3.52. The third-order valence-corrected chi connectivity index (χ3v) is 4.45. The van der Waals surface area contributed by atoms with Crippen molar-refractivity contribution in [2.24, 2.45) is 5.10 Å². The van der Waals surface area contributed by atoms with Crippen LogP contribution < -0.4 is 4.74 Å². The molecule has 0 radical (unpaired) electrons. The van der Waals surface area contributed by atoms with Gasteiger partial charge in [-0.25, -0.2) is 4.68 Å². The van der Waals surface area contributed by atoms with Crippen molar-refractivity contribution in [1.82, 2.24) is 24.7 Å². The maximum atomic E-state index is 5.32. The van der Waals surface area contributed by atoms with Crippen LogP contribution in [0, 0.1) is 4.77 Å². The fraction of sp³-hybridized carbons (Fsp3) is 0.100. The molecule has 0 amide bonds. The summed E-state index contributed by atoms with van der Waals surface area (Å²) in [6, 6.07) is 17.7. The van der Waals surface area contributed by atoms with Crippen molar-refractivity contribution in [2.45, 2.75) is 6.42 Å². The Labute approximate surface area is 166 Å². The summed E-state index contributed by atoms with van der Waals surface area (Å²) < 4.78 is 9.06. The molecule has 0 atom stereocenters. The Morgan fingerprint density at radius 2 is 1.93 bits per heavy atom. The van der Waals surface area contributed by atoms with Gasteiger partial charge in [0.05, 0.1) is 25.2 Å². The molecule has 0 spiro atoms. The second-order valence-electron chi connectivity index (χ2n) is 6.08. The standard InChI is InChI=1S/C20H18N6OS/c1-27-18-9-7-15(8-10-18)11-19-23-24-20(28)26(19)22-13-16-12-21-25(14-16)17-5-3-2-4-6-17/h2-10,12-14H,11H2,1H3,(H,24,28)/b22-13-. The summed E-state index contributed by atoms with van der Waals surface area (Å²) in [5.41, 5.74) is 2.94. The maximum Gasteiger partial charge on any atom is 0.216 e. The molecule has 0 saturated heterocycles. The molecule has 2 aromatic carbocycles. The van der Waals surface area contributed by atoms with Crippen LogP contribution in [-0.2, 0) is 6.42 Å². The van der Waals surface area contributed by atoms with Crippen molar-refractivity contribution in [2.75, 3.05) is 7.11 Å². The highest BCUT2D eigenvalue weighted by Gasteiger charge is 2.07. The van der Waals surface area contributed by atoms with Crippen molar-refractivity contribution in [3.8, 4) is 11.4 Å². The summed E-state index contributed by atoms with van der Waals surface area (Å²) in [7, 11) is 1.65. The van der Waals surface area contributed by atoms with Gasteiger partial charge >= 0.3 is 0 Å². The molecule has 7 nitrogen and oxygen atoms in total. The van der Waals surface area contributed by atoms with Gasteiger partial charge in [0, 0.05) is 18.2 Å². The fourth-order valence-electron chi connectivity index (χ4n) is 2.73. The van der Waals surface area contributed by atoms with Crippen LogP contribution in [0.15, 0.2) is 72.1 Å². The smallest absolute Gasteiger partial charge is 0.216 e. The van der Waals surface area contributed by atoms with E-state index in [1.165, 1.54) is 0 Å². The predicted octanol–water partition coefficient (Wildman–Crippen LogP) is 3.61. The molecule has 2 aromatic heterocycles. The van der Waals surface area contributed by atoms with Gasteiger partial charge in [-0.1, -0.05) is 30.3 Å². The van der Waals surface area contributed by atoms with E-state index in [2.05, 4.69) is 20.4 Å². The second-order valence-corrected chi connectivity index (χ2v) is 6.47. The largest absolute Gasteiger partial charge is 0.497 e. The Morgan fingerprint density at radius 3 is 2.68 bits per heavy atom. The number of nitrogens with zero attached hydrogens (tertiary/aromatic N) is 5. The average molecular weight is 390 g/mol. The minimum absolute atomic E-state index is 0.440. The Morgan fingerprint density at radius 1 is 1.14 bits per heavy atom. The zero-order chi connectivity index (χ0) is 19.3. The molecule has 0 bridgehead atoms. The van der Waals surface area contributed by atoms with E-state index in [9.17, 15) is 0 Å². The number of ether oxygens (including phenoxy) is 1. The first kappa shape index (κ1) is 17.9. The number of methoxy groups -OCH3 is 1. The van der Waals surface area contributed by atoms with Crippen LogP contribution in [0.5, 0.6) is 5.75 Å². The molecule has 0 unspecified atom stereocenters. The van der Waals surface area contributed by atoms with Crippen LogP contribution in [-0.4, -0.2) is 38.0 Å². The zero-order valence-corrected chi connectivity index (χ0v) is 16.0. The van der Waals surface area contributed by atoms with Crippen LogP contribution in [0.4, 0.5) is 0 Å². The van der Waals surface area contributed by atoms with Gasteiger partial charge in [-0.2, -0.15) is 20.0 Å². The van der Waals surface area contributed by atoms with Gasteiger partial charge in [-0.3, -0.25) is 5.10 Å². The second kappa shape index (κ2) is 8.01. The van der Waals surface area contributed by atoms with Crippen LogP contribution in [0.25, 0.3) is 5.69 Å². The molecule has 4 aromatic rings. The number of aromatic amines is 1. The van der Waals surface area contributed by atoms with Crippen molar-refractivity contribution >= 4 is 18.4 Å². The quantitative estimate of drug-likeness (QED) is 0.403. The zero-order valence-electron chi connectivity index (χ0n) is 15.2. The molecule has 28 heavy (non-hydrogen) atoms. The Kier molecular flexibility index (Phi) is 5.11. The van der Waals surface area contributed by atoms with Crippen molar-refractivity contribution < 1.29 is 4.74 Å². The van der Waals surface area contributed by atoms with Crippen LogP contribution in [0.1, 0.15) is 17.0 Å². The lowest BCUT2D eigenvalue weighted by atomic mass is 10.1. The summed E-state index contributed by atoms with van der Waals surface area (Å²) in [6.07, 6.45) is 5.97. The lowest BCUT2D eigenvalue weighted by Gasteiger charge is -2.03. The number of hydrogen-bond donors (Lipinski definition) is 1. The molecule has 0 fully saturated rings. The number of nitrogens with one attached hydrogen (secondary N) is 1. The first-order valence-corrected chi connectivity index (χ1v) is 9.07. The summed E-state index contributed by atoms with van der Waals surface area (Å²) >= 11 is 5.32. The molecule has 0 aliphatic carbocycles. The normalized spacial score (nSPS) is 11.2. The summed E-state index contributed by atoms with van der Waals surface area (Å²) in [6.45, 7) is 0. The van der Waals surface area contributed by atoms with Crippen molar-refractivity contribution in [1.29, 1.82) is 0 Å². The summed E-state index contributed by atoms with van der Waals surface area (Å²) in [5.74, 6) is 1.54. The number of hydrogen-bond acceptors (Lipinski definition) is 5. The molecule has 2 heterocycles. The highest BCUT2D eigenvalue weighted by Crippen LogP contribution is 2.14. The van der Waals surface area contributed by atoms with E-state index in [1.54, 1.807) is 28.9 Å². The number of para-hydroxylation sites is 1. The van der Waals surface area contributed by atoms with E-state index in [0.29, 0.717) is 11.2 Å². The van der Waals surface area contributed by atoms with E-state index in [-0.39, 0.29) is 0 Å². The molecule has 8 heteroatoms. The van der Waals surface area contributed by atoms with E-state index < -0.39 is 0 Å². The predicted molar refractivity (Wildman–Crippen MR) is 110 cm³/mol. The van der Waals surface area contributed by atoms with E-state index in [4.69, 9.17) is 17.0 Å². The van der Waals surface area contributed by atoms with Gasteiger partial charge in [0.25, 0.3) is 0 Å². The Bertz CT molecular complexity index is 1140. The number of benzene rings is 2. The molecule has 0 aliphatic rings. The van der Waals surface area contributed by atoms with Gasteiger partial charge in [-0.05, 0) is 42.0 Å². The number of rotatable bonds is 6. The fourth-order valence-corrected chi connectivity index (χ4v) is 2.93. The number of aromatic nitrogens is 5. The maximum absolute atomic E-state index is 5.32. The van der Waals surface area contributed by atoms with E-state index in [0.717, 1.165) is 28.4 Å². The lowest BCUT2D eigenvalue weighted by molar-refractivity contribution is 0.414. The van der Waals surface area contributed by atoms with Crippen LogP contribution >= 0.6 is 12.2 Å². The Balaban J connectivity index is 1.54. The van der Waals surface area contributed by atoms with E-state index >= 15 is 0 Å². The highest BCUT2D eigenvalue weighted by atomic mass is 32.1.